The van der Waals surface area contributed by atoms with Crippen LogP contribution in [0.3, 0.4) is 0 Å². The first kappa shape index (κ1) is 14.7. The smallest absolute Gasteiger partial charge is 1.00 e. The number of H-pyrrole nitrogens is 1. The normalized spacial score (nSPS) is 10.3. The molecule has 0 radical (unpaired) electrons. The molecular weight excluding hydrogens is 294 g/mol. The highest BCUT2D eigenvalue weighted by molar-refractivity contribution is 5.84. The second kappa shape index (κ2) is 5.38. The summed E-state index contributed by atoms with van der Waals surface area (Å²) in [5.74, 6) is -0.752. The minimum absolute atomic E-state index is 0. The van der Waals surface area contributed by atoms with Gasteiger partial charge in [0.15, 0.2) is 17.2 Å². The van der Waals surface area contributed by atoms with Crippen LogP contribution in [0.15, 0.2) is 47.5 Å². The Morgan fingerprint density at radius 3 is 2.19 bits per heavy atom. The molecule has 1 aliphatic heterocycles. The Labute approximate surface area is 127 Å². The fourth-order valence-electron chi connectivity index (χ4n) is 2.18. The lowest BCUT2D eigenvalue weighted by atomic mass is 9.95. The number of aromatic amines is 1. The van der Waals surface area contributed by atoms with E-state index < -0.39 is 5.43 Å². The Morgan fingerprint density at radius 1 is 0.810 bits per heavy atom. The fourth-order valence-corrected chi connectivity index (χ4v) is 2.18. The van der Waals surface area contributed by atoms with Crippen LogP contribution in [0.25, 0.3) is 22.3 Å². The molecule has 1 heterocycles. The van der Waals surface area contributed by atoms with Gasteiger partial charge in [-0.3, -0.25) is 4.79 Å². The average Bonchev–Trinajstić information content (AvgIpc) is 2.45. The zero-order valence-corrected chi connectivity index (χ0v) is 11.4. The quantitative estimate of drug-likeness (QED) is 0.451. The number of hydrogen-bond acceptors (Lipinski definition) is 4. The summed E-state index contributed by atoms with van der Waals surface area (Å²) in [6, 6.07) is 7.40. The van der Waals surface area contributed by atoms with E-state index in [9.17, 15) is 20.1 Å². The number of halogens is 1. The third kappa shape index (κ3) is 2.39. The van der Waals surface area contributed by atoms with Gasteiger partial charge < -0.3 is 32.7 Å². The first-order valence-corrected chi connectivity index (χ1v) is 5.93. The van der Waals surface area contributed by atoms with Crippen molar-refractivity contribution >= 4 is 0 Å². The zero-order valence-electron chi connectivity index (χ0n) is 11.7. The third-order valence-electron chi connectivity index (χ3n) is 3.21. The molecule has 4 N–H and O–H groups in total. The maximum absolute atomic E-state index is 11.9. The molecule has 1 aromatic carbocycles. The van der Waals surface area contributed by atoms with E-state index >= 15 is 0 Å². The Bertz CT molecular complexity index is 834. The van der Waals surface area contributed by atoms with Crippen molar-refractivity contribution in [3.8, 4) is 39.5 Å². The number of nitrogens with one attached hydrogen (secondary N) is 1. The van der Waals surface area contributed by atoms with Crippen LogP contribution >= 0.6 is 0 Å². The predicted octanol–water partition coefficient (Wildman–Crippen LogP) is -0.620. The van der Waals surface area contributed by atoms with Gasteiger partial charge in [0.2, 0.25) is 5.43 Å². The number of pyridine rings is 1. The maximum atomic E-state index is 11.9. The number of rotatable bonds is 1. The summed E-state index contributed by atoms with van der Waals surface area (Å²) < 4.78 is 0. The van der Waals surface area contributed by atoms with Crippen LogP contribution in [0.1, 0.15) is 1.43 Å². The predicted molar refractivity (Wildman–Crippen MR) is 75.2 cm³/mol. The molecule has 108 valence electrons. The van der Waals surface area contributed by atoms with E-state index in [1.54, 1.807) is 18.3 Å². The summed E-state index contributed by atoms with van der Waals surface area (Å²) in [4.78, 5) is 14.7. The summed E-state index contributed by atoms with van der Waals surface area (Å²) in [5, 5.41) is 28.4. The van der Waals surface area contributed by atoms with Gasteiger partial charge in [-0.05, 0) is 35.4 Å². The number of phenols is 3. The molecule has 21 heavy (non-hydrogen) atoms. The van der Waals surface area contributed by atoms with Gasteiger partial charge in [0, 0.05) is 23.5 Å². The largest absolute Gasteiger partial charge is 1.00 e. The van der Waals surface area contributed by atoms with Gasteiger partial charge in [-0.15, -0.1) is 0 Å². The Hall–Kier alpha value is -2.66. The van der Waals surface area contributed by atoms with Crippen molar-refractivity contribution in [1.29, 1.82) is 0 Å². The Kier molecular flexibility index (Phi) is 3.78. The molecule has 0 saturated carbocycles. The lowest BCUT2D eigenvalue weighted by Crippen LogP contribution is -3.00. The van der Waals surface area contributed by atoms with Crippen molar-refractivity contribution < 1.29 is 29.2 Å². The van der Waals surface area contributed by atoms with Crippen LogP contribution < -0.4 is 17.8 Å². The fraction of sp³-hybridized carbons (Fsp3) is 0. The molecule has 0 saturated heterocycles. The number of aromatic hydroxyl groups is 3. The van der Waals surface area contributed by atoms with Gasteiger partial charge in [0.05, 0.1) is 0 Å². The first-order chi connectivity index (χ1) is 9.58. The van der Waals surface area contributed by atoms with Crippen molar-refractivity contribution in [2.24, 2.45) is 0 Å². The standard InChI is InChI=1S/C15H11NO4.ClH/c17-12-3-1-8(5-14(12)19)10-6-16-7-11-9(10)2-4-13(18)15(11)20;/h1-7,16-19H;1H. The Balaban J connectivity index is 0.00000121. The van der Waals surface area contributed by atoms with Crippen LogP contribution in [0, 0.1) is 0 Å². The molecule has 0 spiro atoms. The van der Waals surface area contributed by atoms with E-state index in [0.29, 0.717) is 22.3 Å². The van der Waals surface area contributed by atoms with Gasteiger partial charge in [0.1, 0.15) is 0 Å². The van der Waals surface area contributed by atoms with Gasteiger partial charge in [-0.25, -0.2) is 0 Å². The van der Waals surface area contributed by atoms with Gasteiger partial charge in [-0.2, -0.15) is 0 Å². The van der Waals surface area contributed by atoms with Gasteiger partial charge in [-0.1, -0.05) is 6.07 Å². The van der Waals surface area contributed by atoms with Crippen LogP contribution in [0.4, 0.5) is 0 Å². The summed E-state index contributed by atoms with van der Waals surface area (Å²) in [5.41, 5.74) is 1.89. The lowest BCUT2D eigenvalue weighted by molar-refractivity contribution is -0.00000679. The molecule has 0 aromatic heterocycles. The highest BCUT2D eigenvalue weighted by Gasteiger charge is 2.15. The molecule has 6 heteroatoms. The third-order valence-corrected chi connectivity index (χ3v) is 3.21. The average molecular weight is 306 g/mol. The van der Waals surface area contributed by atoms with Crippen molar-refractivity contribution in [3.05, 3.63) is 52.9 Å². The number of hydrogen-bond donors (Lipinski definition) is 4. The molecule has 5 nitrogen and oxygen atoms in total. The summed E-state index contributed by atoms with van der Waals surface area (Å²) in [6.07, 6.45) is 3.20. The highest BCUT2D eigenvalue weighted by Crippen LogP contribution is 2.35. The number of aromatic nitrogens is 1. The number of fused-ring (bicyclic) bond motifs is 1. The van der Waals surface area contributed by atoms with E-state index in [0.717, 1.165) is 0 Å². The van der Waals surface area contributed by atoms with E-state index in [4.69, 9.17) is 0 Å². The second-order valence-corrected chi connectivity index (χ2v) is 4.45. The molecule has 1 aromatic rings. The van der Waals surface area contributed by atoms with Crippen LogP contribution in [-0.2, 0) is 0 Å². The van der Waals surface area contributed by atoms with Crippen LogP contribution in [-0.4, -0.2) is 20.3 Å². The molecule has 1 aliphatic carbocycles. The second-order valence-electron chi connectivity index (χ2n) is 4.45. The highest BCUT2D eigenvalue weighted by atomic mass is 35.5. The van der Waals surface area contributed by atoms with E-state index in [1.165, 1.54) is 24.4 Å². The molecule has 0 unspecified atom stereocenters. The van der Waals surface area contributed by atoms with Gasteiger partial charge >= 0.3 is 1.43 Å². The summed E-state index contributed by atoms with van der Waals surface area (Å²) in [6.45, 7) is 0. The van der Waals surface area contributed by atoms with E-state index in [2.05, 4.69) is 4.98 Å². The maximum Gasteiger partial charge on any atom is 1.00 e. The molecule has 0 amide bonds. The molecule has 2 aliphatic rings. The monoisotopic (exact) mass is 305 g/mol. The van der Waals surface area contributed by atoms with Gasteiger partial charge in [0.25, 0.3) is 0 Å². The summed E-state index contributed by atoms with van der Waals surface area (Å²) in [7, 11) is 0. The number of phenolic OH excluding ortho intramolecular Hbond substituents is 3. The van der Waals surface area contributed by atoms with Crippen molar-refractivity contribution in [1.82, 2.24) is 4.98 Å². The number of benzene rings is 2. The zero-order chi connectivity index (χ0) is 14.3. The molecule has 0 fully saturated rings. The lowest BCUT2D eigenvalue weighted by Gasteiger charge is -2.12. The van der Waals surface area contributed by atoms with Crippen molar-refractivity contribution in [3.63, 3.8) is 0 Å². The molecular formula is C15H12ClNO4. The minimum Gasteiger partial charge on any atom is -1.00 e. The van der Waals surface area contributed by atoms with E-state index in [1.807, 2.05) is 0 Å². The van der Waals surface area contributed by atoms with Crippen molar-refractivity contribution in [2.45, 2.75) is 0 Å². The van der Waals surface area contributed by atoms with Crippen LogP contribution in [0.2, 0.25) is 0 Å². The van der Waals surface area contributed by atoms with Crippen LogP contribution in [0.5, 0.6) is 17.2 Å². The molecule has 3 rings (SSSR count). The van der Waals surface area contributed by atoms with E-state index in [-0.39, 0.29) is 31.1 Å². The summed E-state index contributed by atoms with van der Waals surface area (Å²) >= 11 is 0. The molecule has 0 atom stereocenters. The minimum atomic E-state index is -0.455. The molecule has 0 bridgehead atoms. The Morgan fingerprint density at radius 2 is 1.48 bits per heavy atom. The first-order valence-electron chi connectivity index (χ1n) is 5.93. The van der Waals surface area contributed by atoms with Crippen molar-refractivity contribution in [2.75, 3.05) is 0 Å². The SMILES string of the molecule is O=c1c(O)ccc2c(-c3ccc(O)c(O)c3)c[nH]cc1-2.[Cl-].[H+]. The topological polar surface area (TPSA) is 93.6 Å².